The van der Waals surface area contributed by atoms with Crippen LogP contribution < -0.4 is 10.2 Å². The van der Waals surface area contributed by atoms with Crippen LogP contribution in [-0.4, -0.2) is 34.7 Å². The highest BCUT2D eigenvalue weighted by Crippen LogP contribution is 2.25. The largest absolute Gasteiger partial charge is 0.478 e. The van der Waals surface area contributed by atoms with Gasteiger partial charge in [-0.3, -0.25) is 14.9 Å². The Bertz CT molecular complexity index is 817. The molecule has 2 rings (SSSR count). The number of benzene rings is 2. The number of hydrazone groups is 1. The summed E-state index contributed by atoms with van der Waals surface area (Å²) < 4.78 is 5.11. The molecule has 2 aromatic carbocycles. The number of nitrogens with zero attached hydrogens (tertiary/aromatic N) is 2. The summed E-state index contributed by atoms with van der Waals surface area (Å²) in [5.41, 5.74) is 2.69. The molecule has 25 heavy (non-hydrogen) atoms. The molecule has 0 unspecified atom stereocenters. The number of hydrogen-bond donors (Lipinski definition) is 2. The third-order valence-corrected chi connectivity index (χ3v) is 2.98. The van der Waals surface area contributed by atoms with Gasteiger partial charge >= 0.3 is 11.7 Å². The topological polar surface area (TPSA) is 131 Å². The van der Waals surface area contributed by atoms with Crippen LogP contribution in [-0.2, 0) is 4.79 Å². The summed E-state index contributed by atoms with van der Waals surface area (Å²) in [6.45, 7) is -0.444. The summed E-state index contributed by atoms with van der Waals surface area (Å²) in [5.74, 6) is -1.66. The summed E-state index contributed by atoms with van der Waals surface area (Å²) >= 11 is 0. The number of amides is 1. The molecule has 0 atom stereocenters. The van der Waals surface area contributed by atoms with Crippen LogP contribution in [0.15, 0.2) is 53.6 Å². The Balaban J connectivity index is 1.86. The molecule has 2 N–H and O–H groups in total. The van der Waals surface area contributed by atoms with Gasteiger partial charge in [-0.2, -0.15) is 5.10 Å². The SMILES string of the molecule is O=C(COc1ccccc1[N+](=O)[O-])NN=Cc1ccc(C(=O)O)cc1. The van der Waals surface area contributed by atoms with Gasteiger partial charge in [-0.05, 0) is 23.8 Å². The predicted octanol–water partition coefficient (Wildman–Crippen LogP) is 1.82. The second kappa shape index (κ2) is 8.20. The lowest BCUT2D eigenvalue weighted by Crippen LogP contribution is -2.24. The van der Waals surface area contributed by atoms with E-state index >= 15 is 0 Å². The minimum Gasteiger partial charge on any atom is -0.478 e. The fraction of sp³-hybridized carbons (Fsp3) is 0.0625. The number of carboxylic acid groups (broad SMARTS) is 1. The van der Waals surface area contributed by atoms with E-state index in [1.54, 1.807) is 6.07 Å². The van der Waals surface area contributed by atoms with Gasteiger partial charge in [0.25, 0.3) is 5.91 Å². The molecule has 128 valence electrons. The van der Waals surface area contributed by atoms with Crippen molar-refractivity contribution in [2.75, 3.05) is 6.61 Å². The maximum atomic E-state index is 11.6. The van der Waals surface area contributed by atoms with Crippen LogP contribution in [0.3, 0.4) is 0 Å². The third-order valence-electron chi connectivity index (χ3n) is 2.98. The van der Waals surface area contributed by atoms with Crippen LogP contribution in [0, 0.1) is 10.1 Å². The van der Waals surface area contributed by atoms with E-state index in [-0.39, 0.29) is 17.0 Å². The average molecular weight is 343 g/mol. The average Bonchev–Trinajstić information content (AvgIpc) is 2.60. The molecule has 2 aromatic rings. The Morgan fingerprint density at radius 3 is 2.52 bits per heavy atom. The van der Waals surface area contributed by atoms with E-state index in [1.165, 1.54) is 48.7 Å². The van der Waals surface area contributed by atoms with Crippen LogP contribution in [0.5, 0.6) is 5.75 Å². The van der Waals surface area contributed by atoms with Gasteiger partial charge in [0.05, 0.1) is 16.7 Å². The van der Waals surface area contributed by atoms with Crippen LogP contribution >= 0.6 is 0 Å². The van der Waals surface area contributed by atoms with Gasteiger partial charge in [-0.15, -0.1) is 0 Å². The number of para-hydroxylation sites is 2. The van der Waals surface area contributed by atoms with Crippen molar-refractivity contribution < 1.29 is 24.4 Å². The lowest BCUT2D eigenvalue weighted by molar-refractivity contribution is -0.385. The summed E-state index contributed by atoms with van der Waals surface area (Å²) in [6, 6.07) is 11.6. The molecule has 0 bridgehead atoms. The molecule has 0 aliphatic heterocycles. The molecular weight excluding hydrogens is 330 g/mol. The summed E-state index contributed by atoms with van der Waals surface area (Å²) in [6.07, 6.45) is 1.33. The van der Waals surface area contributed by atoms with Gasteiger partial charge < -0.3 is 9.84 Å². The maximum absolute atomic E-state index is 11.6. The van der Waals surface area contributed by atoms with E-state index < -0.39 is 23.4 Å². The predicted molar refractivity (Wildman–Crippen MR) is 87.7 cm³/mol. The summed E-state index contributed by atoms with van der Waals surface area (Å²) in [4.78, 5) is 32.6. The molecule has 0 saturated carbocycles. The van der Waals surface area contributed by atoms with Gasteiger partial charge in [0.2, 0.25) is 0 Å². The van der Waals surface area contributed by atoms with Gasteiger partial charge in [0, 0.05) is 6.07 Å². The molecule has 0 heterocycles. The highest BCUT2D eigenvalue weighted by molar-refractivity contribution is 5.89. The zero-order valence-corrected chi connectivity index (χ0v) is 12.8. The number of nitro groups is 1. The van der Waals surface area contributed by atoms with Crippen molar-refractivity contribution in [3.05, 3.63) is 69.8 Å². The molecule has 0 aromatic heterocycles. The van der Waals surface area contributed by atoms with E-state index in [4.69, 9.17) is 9.84 Å². The molecule has 1 amide bonds. The molecule has 9 heteroatoms. The second-order valence-electron chi connectivity index (χ2n) is 4.73. The Kier molecular flexibility index (Phi) is 5.77. The van der Waals surface area contributed by atoms with Crippen molar-refractivity contribution in [3.63, 3.8) is 0 Å². The lowest BCUT2D eigenvalue weighted by atomic mass is 10.1. The van der Waals surface area contributed by atoms with E-state index in [0.717, 1.165) is 0 Å². The third kappa shape index (κ3) is 5.13. The number of rotatable bonds is 7. The molecular formula is C16H13N3O6. The van der Waals surface area contributed by atoms with Gasteiger partial charge in [0.1, 0.15) is 0 Å². The number of carbonyl (C=O) groups excluding carboxylic acids is 1. The van der Waals surface area contributed by atoms with Crippen molar-refractivity contribution in [1.82, 2.24) is 5.43 Å². The summed E-state index contributed by atoms with van der Waals surface area (Å²) in [7, 11) is 0. The number of hydrogen-bond acceptors (Lipinski definition) is 6. The van der Waals surface area contributed by atoms with E-state index in [9.17, 15) is 19.7 Å². The number of nitrogens with one attached hydrogen (secondary N) is 1. The van der Waals surface area contributed by atoms with Gasteiger partial charge in [-0.25, -0.2) is 10.2 Å². The molecule has 0 aliphatic carbocycles. The molecule has 0 aliphatic rings. The van der Waals surface area contributed by atoms with Crippen LogP contribution in [0.1, 0.15) is 15.9 Å². The standard InChI is InChI=1S/C16H13N3O6/c20-15(10-25-14-4-2-1-3-13(14)19(23)24)18-17-9-11-5-7-12(8-6-11)16(21)22/h1-9H,10H2,(H,18,20)(H,21,22). The zero-order valence-electron chi connectivity index (χ0n) is 12.8. The van der Waals surface area contributed by atoms with E-state index in [1.807, 2.05) is 0 Å². The number of nitro benzene ring substituents is 1. The molecule has 0 spiro atoms. The summed E-state index contributed by atoms with van der Waals surface area (Å²) in [5, 5.41) is 23.3. The van der Waals surface area contributed by atoms with Crippen LogP contribution in [0.2, 0.25) is 0 Å². The van der Waals surface area contributed by atoms with Crippen molar-refractivity contribution >= 4 is 23.8 Å². The second-order valence-corrected chi connectivity index (χ2v) is 4.73. The van der Waals surface area contributed by atoms with Gasteiger partial charge in [-0.1, -0.05) is 24.3 Å². The first-order valence-corrected chi connectivity index (χ1v) is 6.99. The molecule has 0 fully saturated rings. The fourth-order valence-electron chi connectivity index (χ4n) is 1.80. The van der Waals surface area contributed by atoms with Gasteiger partial charge in [0.15, 0.2) is 12.4 Å². The first-order valence-electron chi connectivity index (χ1n) is 6.99. The first kappa shape index (κ1) is 17.6. The monoisotopic (exact) mass is 343 g/mol. The number of aromatic carboxylic acids is 1. The van der Waals surface area contributed by atoms with Crippen molar-refractivity contribution in [1.29, 1.82) is 0 Å². The van der Waals surface area contributed by atoms with Crippen LogP contribution in [0.4, 0.5) is 5.69 Å². The Morgan fingerprint density at radius 1 is 1.20 bits per heavy atom. The first-order chi connectivity index (χ1) is 12.0. The lowest BCUT2D eigenvalue weighted by Gasteiger charge is -2.05. The van der Waals surface area contributed by atoms with Crippen LogP contribution in [0.25, 0.3) is 0 Å². The number of carbonyl (C=O) groups is 2. The van der Waals surface area contributed by atoms with E-state index in [0.29, 0.717) is 5.56 Å². The van der Waals surface area contributed by atoms with E-state index in [2.05, 4.69) is 10.5 Å². The van der Waals surface area contributed by atoms with Crippen molar-refractivity contribution in [2.24, 2.45) is 5.10 Å². The maximum Gasteiger partial charge on any atom is 0.335 e. The van der Waals surface area contributed by atoms with Crippen molar-refractivity contribution in [3.8, 4) is 5.75 Å². The Morgan fingerprint density at radius 2 is 1.88 bits per heavy atom. The smallest absolute Gasteiger partial charge is 0.335 e. The minimum atomic E-state index is -1.04. The fourth-order valence-corrected chi connectivity index (χ4v) is 1.80. The zero-order chi connectivity index (χ0) is 18.2. The molecule has 0 saturated heterocycles. The molecule has 0 radical (unpaired) electrons. The normalized spacial score (nSPS) is 10.4. The molecule has 9 nitrogen and oxygen atoms in total. The number of ether oxygens (including phenoxy) is 1. The quantitative estimate of drug-likeness (QED) is 0.448. The highest BCUT2D eigenvalue weighted by Gasteiger charge is 2.14. The Hall–Kier alpha value is -3.75. The van der Waals surface area contributed by atoms with Crippen molar-refractivity contribution in [2.45, 2.75) is 0 Å². The minimum absolute atomic E-state index is 0.0177. The highest BCUT2D eigenvalue weighted by atomic mass is 16.6. The number of carboxylic acids is 1. The Labute approximate surface area is 141 Å².